The smallest absolute Gasteiger partial charge is 0.726 e. The molecule has 0 N–H and O–H groups in total. The first-order valence-electron chi connectivity index (χ1n) is 19.3. The maximum atomic E-state index is 11.0. The Hall–Kier alpha value is 0.610. The molecule has 0 spiro atoms. The van der Waals surface area contributed by atoms with Crippen LogP contribution in [0.5, 0.6) is 0 Å². The molecule has 0 aliphatic carbocycles. The molecule has 258 valence electrons. The van der Waals surface area contributed by atoms with Gasteiger partial charge in [0.2, 0.25) is 10.4 Å². The van der Waals surface area contributed by atoms with Crippen molar-refractivity contribution in [3.05, 3.63) is 12.2 Å². The zero-order valence-electron chi connectivity index (χ0n) is 30.1. The van der Waals surface area contributed by atoms with Crippen molar-refractivity contribution < 1.29 is 46.7 Å². The third-order valence-corrected chi connectivity index (χ3v) is 9.41. The topological polar surface area (TPSA) is 66.4 Å². The monoisotopic (exact) mass is 651 g/mol. The Morgan fingerprint density at radius 1 is 0.500 bits per heavy atom. The summed E-state index contributed by atoms with van der Waals surface area (Å²) >= 11 is 0. The average molecular weight is 651 g/mol. The summed E-state index contributed by atoms with van der Waals surface area (Å²) in [5, 5.41) is 0. The van der Waals surface area contributed by atoms with Crippen molar-refractivity contribution in [2.24, 2.45) is 5.92 Å². The summed E-state index contributed by atoms with van der Waals surface area (Å²) in [5.74, 6) is 0.0161. The first-order valence-corrected chi connectivity index (χ1v) is 20.6. The molecule has 0 amide bonds. The van der Waals surface area contributed by atoms with Gasteiger partial charge in [-0.15, -0.1) is 0 Å². The molecule has 0 rings (SSSR count). The summed E-state index contributed by atoms with van der Waals surface area (Å²) in [6.45, 7) is 4.54. The van der Waals surface area contributed by atoms with Gasteiger partial charge in [0.15, 0.2) is 0 Å². The zero-order valence-corrected chi connectivity index (χ0v) is 32.9. The van der Waals surface area contributed by atoms with Gasteiger partial charge < -0.3 is 4.55 Å². The van der Waals surface area contributed by atoms with Gasteiger partial charge in [-0.2, -0.15) is 0 Å². The summed E-state index contributed by atoms with van der Waals surface area (Å²) < 4.78 is 37.5. The van der Waals surface area contributed by atoms with E-state index in [2.05, 4.69) is 30.2 Å². The van der Waals surface area contributed by atoms with Crippen LogP contribution in [0.3, 0.4) is 0 Å². The Balaban J connectivity index is 0. The molecule has 0 saturated carbocycles. The van der Waals surface area contributed by atoms with E-state index in [1.165, 1.54) is 186 Å². The molecule has 4 nitrogen and oxygen atoms in total. The van der Waals surface area contributed by atoms with E-state index in [-0.39, 0.29) is 42.1 Å². The predicted molar refractivity (Wildman–Crippen MR) is 187 cm³/mol. The molecule has 0 aromatic carbocycles. The van der Waals surface area contributed by atoms with Gasteiger partial charge in [-0.25, -0.2) is 8.42 Å². The number of rotatable bonds is 36. The average Bonchev–Trinajstić information content (AvgIpc) is 2.98. The Morgan fingerprint density at radius 3 is 1.11 bits per heavy atom. The van der Waals surface area contributed by atoms with Gasteiger partial charge in [-0.05, 0) is 19.3 Å². The fourth-order valence-corrected chi connectivity index (χ4v) is 6.45. The minimum absolute atomic E-state index is 0. The molecule has 0 aliphatic rings. The van der Waals surface area contributed by atoms with Crippen LogP contribution in [0, 0.1) is 5.92 Å². The second-order valence-corrected chi connectivity index (χ2v) is 14.4. The summed E-state index contributed by atoms with van der Waals surface area (Å²) in [5.41, 5.74) is 0. The first-order chi connectivity index (χ1) is 21.0. The molecule has 0 aromatic rings. The molecule has 0 saturated heterocycles. The van der Waals surface area contributed by atoms with Crippen molar-refractivity contribution in [1.82, 2.24) is 0 Å². The van der Waals surface area contributed by atoms with Gasteiger partial charge in [0.25, 0.3) is 0 Å². The molecule has 0 heterocycles. The van der Waals surface area contributed by atoms with E-state index >= 15 is 0 Å². The molecule has 1 unspecified atom stereocenters. The van der Waals surface area contributed by atoms with Crippen molar-refractivity contribution in [3.8, 4) is 0 Å². The second-order valence-electron chi connectivity index (χ2n) is 13.4. The standard InChI is InChI=1S/C38H76O4S.Na/c1-3-5-7-9-11-13-15-17-18-19-20-21-22-23-24-26-28-30-32-34-36-38(37-42-43(39,40)41)35-33-31-29-27-25-16-14-12-10-8-6-4-2;/h34,36,38H,3-33,35,37H2,1-2H3,(H,39,40,41);/q;+1/p-1/b36-34+;. The number of hydrogen-bond acceptors (Lipinski definition) is 4. The quantitative estimate of drug-likeness (QED) is 0.0223. The van der Waals surface area contributed by atoms with Crippen LogP contribution in [-0.4, -0.2) is 19.6 Å². The number of unbranched alkanes of at least 4 members (excludes halogenated alkanes) is 29. The van der Waals surface area contributed by atoms with Gasteiger partial charge in [-0.1, -0.05) is 212 Å². The van der Waals surface area contributed by atoms with E-state index < -0.39 is 10.4 Å². The SMILES string of the molecule is CCCCCCCCCCCCCCCCCCCC/C=C/C(CCCCCCCCCCCCCC)COS(=O)(=O)[O-].[Na+]. The fraction of sp³-hybridized carbons (Fsp3) is 0.947. The van der Waals surface area contributed by atoms with Crippen LogP contribution in [-0.2, 0) is 14.6 Å². The fourth-order valence-electron chi connectivity index (χ4n) is 6.11. The Kier molecular flexibility index (Phi) is 40.4. The van der Waals surface area contributed by atoms with Gasteiger partial charge in [0.05, 0.1) is 6.61 Å². The first kappa shape index (κ1) is 46.7. The van der Waals surface area contributed by atoms with Gasteiger partial charge in [0.1, 0.15) is 0 Å². The third-order valence-electron chi connectivity index (χ3n) is 8.99. The molecule has 1 atom stereocenters. The van der Waals surface area contributed by atoms with Crippen LogP contribution >= 0.6 is 0 Å². The van der Waals surface area contributed by atoms with E-state index in [1.54, 1.807) is 0 Å². The molecule has 0 radical (unpaired) electrons. The van der Waals surface area contributed by atoms with Crippen molar-refractivity contribution in [2.45, 2.75) is 219 Å². The summed E-state index contributed by atoms with van der Waals surface area (Å²) in [7, 11) is -4.62. The van der Waals surface area contributed by atoms with Crippen LogP contribution in [0.15, 0.2) is 12.2 Å². The molecule has 0 aromatic heterocycles. The van der Waals surface area contributed by atoms with Crippen molar-refractivity contribution in [1.29, 1.82) is 0 Å². The van der Waals surface area contributed by atoms with Crippen molar-refractivity contribution in [2.75, 3.05) is 6.61 Å². The maximum Gasteiger partial charge on any atom is 1.00 e. The van der Waals surface area contributed by atoms with Gasteiger partial charge in [0, 0.05) is 5.92 Å². The summed E-state index contributed by atoms with van der Waals surface area (Å²) in [6.07, 6.45) is 46.8. The van der Waals surface area contributed by atoms with Crippen LogP contribution in [0.4, 0.5) is 0 Å². The van der Waals surface area contributed by atoms with E-state index in [9.17, 15) is 13.0 Å². The predicted octanol–water partition coefficient (Wildman–Crippen LogP) is 10.2. The molecular formula is C38H75NaO4S. The van der Waals surface area contributed by atoms with E-state index in [4.69, 9.17) is 0 Å². The number of allylic oxidation sites excluding steroid dienone is 1. The minimum Gasteiger partial charge on any atom is -0.726 e. The molecule has 0 fully saturated rings. The Morgan fingerprint density at radius 2 is 0.795 bits per heavy atom. The molecular weight excluding hydrogens is 575 g/mol. The van der Waals surface area contributed by atoms with Gasteiger partial charge in [-0.3, -0.25) is 4.18 Å². The van der Waals surface area contributed by atoms with E-state index in [0.29, 0.717) is 0 Å². The molecule has 0 bridgehead atoms. The summed E-state index contributed by atoms with van der Waals surface area (Å²) in [4.78, 5) is 0. The third kappa shape index (κ3) is 40.6. The van der Waals surface area contributed by atoms with Crippen LogP contribution in [0.25, 0.3) is 0 Å². The number of hydrogen-bond donors (Lipinski definition) is 0. The van der Waals surface area contributed by atoms with Crippen LogP contribution in [0.2, 0.25) is 0 Å². The van der Waals surface area contributed by atoms with E-state index in [0.717, 1.165) is 19.3 Å². The second kappa shape index (κ2) is 38.1. The molecule has 44 heavy (non-hydrogen) atoms. The minimum atomic E-state index is -4.62. The molecule has 6 heteroatoms. The van der Waals surface area contributed by atoms with Crippen LogP contribution < -0.4 is 29.6 Å². The normalized spacial score (nSPS) is 12.6. The zero-order chi connectivity index (χ0) is 31.5. The largest absolute Gasteiger partial charge is 1.00 e. The van der Waals surface area contributed by atoms with Crippen LogP contribution in [0.1, 0.15) is 219 Å². The van der Waals surface area contributed by atoms with Gasteiger partial charge >= 0.3 is 29.6 Å². The molecule has 0 aliphatic heterocycles. The summed E-state index contributed by atoms with van der Waals surface area (Å²) in [6, 6.07) is 0. The van der Waals surface area contributed by atoms with E-state index in [1.807, 2.05) is 0 Å². The van der Waals surface area contributed by atoms with Crippen molar-refractivity contribution in [3.63, 3.8) is 0 Å². The Bertz CT molecular complexity index is 668. The maximum absolute atomic E-state index is 11.0. The van der Waals surface area contributed by atoms with Crippen molar-refractivity contribution >= 4 is 10.4 Å². The Labute approximate surface area is 299 Å².